The molecule has 1 saturated heterocycles. The maximum Gasteiger partial charge on any atom is 0.234 e. The average Bonchev–Trinajstić information content (AvgIpc) is 2.22. The van der Waals surface area contributed by atoms with Gasteiger partial charge in [0.2, 0.25) is 5.91 Å². The highest BCUT2D eigenvalue weighted by Crippen LogP contribution is 2.06. The molecule has 4 nitrogen and oxygen atoms in total. The molecule has 0 aromatic carbocycles. The molecule has 0 aromatic heterocycles. The summed E-state index contributed by atoms with van der Waals surface area (Å²) in [4.78, 5) is 13.6. The van der Waals surface area contributed by atoms with Gasteiger partial charge in [0.1, 0.15) is 0 Å². The Labute approximate surface area is 91.2 Å². The Morgan fingerprint density at radius 3 is 2.80 bits per heavy atom. The van der Waals surface area contributed by atoms with Gasteiger partial charge in [0.15, 0.2) is 0 Å². The second-order valence-electron chi connectivity index (χ2n) is 3.82. The van der Waals surface area contributed by atoms with Gasteiger partial charge in [0, 0.05) is 19.1 Å². The van der Waals surface area contributed by atoms with Crippen LogP contribution in [0.15, 0.2) is 0 Å². The van der Waals surface area contributed by atoms with E-state index in [4.69, 9.17) is 5.73 Å². The SMILES string of the molecule is CC#CCNC(=O)CN1CCC(N)CC1. The standard InChI is InChI=1S/C11H19N3O/c1-2-3-6-13-11(15)9-14-7-4-10(12)5-8-14/h10H,4-9,12H2,1H3,(H,13,15). The van der Waals surface area contributed by atoms with Crippen LogP contribution < -0.4 is 11.1 Å². The van der Waals surface area contributed by atoms with Crippen LogP contribution in [0, 0.1) is 11.8 Å². The molecular weight excluding hydrogens is 190 g/mol. The molecule has 84 valence electrons. The van der Waals surface area contributed by atoms with Gasteiger partial charge in [0.05, 0.1) is 13.1 Å². The molecule has 0 unspecified atom stereocenters. The zero-order chi connectivity index (χ0) is 11.1. The van der Waals surface area contributed by atoms with E-state index >= 15 is 0 Å². The lowest BCUT2D eigenvalue weighted by Gasteiger charge is -2.29. The Morgan fingerprint density at radius 2 is 2.20 bits per heavy atom. The first-order valence-electron chi connectivity index (χ1n) is 5.36. The van der Waals surface area contributed by atoms with Gasteiger partial charge >= 0.3 is 0 Å². The van der Waals surface area contributed by atoms with Gasteiger partial charge in [-0.2, -0.15) is 0 Å². The van der Waals surface area contributed by atoms with Crippen LogP contribution in [0.1, 0.15) is 19.8 Å². The number of hydrogen-bond donors (Lipinski definition) is 2. The Hall–Kier alpha value is -1.05. The molecule has 1 fully saturated rings. The Balaban J connectivity index is 2.16. The average molecular weight is 209 g/mol. The van der Waals surface area contributed by atoms with Crippen molar-refractivity contribution >= 4 is 5.91 Å². The summed E-state index contributed by atoms with van der Waals surface area (Å²) in [5.41, 5.74) is 5.78. The smallest absolute Gasteiger partial charge is 0.234 e. The summed E-state index contributed by atoms with van der Waals surface area (Å²) < 4.78 is 0. The molecule has 0 radical (unpaired) electrons. The maximum absolute atomic E-state index is 11.4. The molecular formula is C11H19N3O. The molecule has 0 aliphatic carbocycles. The Bertz CT molecular complexity index is 259. The van der Waals surface area contributed by atoms with E-state index in [2.05, 4.69) is 22.1 Å². The number of amides is 1. The van der Waals surface area contributed by atoms with E-state index in [1.807, 2.05) is 0 Å². The summed E-state index contributed by atoms with van der Waals surface area (Å²) >= 11 is 0. The van der Waals surface area contributed by atoms with Gasteiger partial charge in [-0.1, -0.05) is 5.92 Å². The number of carbonyl (C=O) groups excluding carboxylic acids is 1. The van der Waals surface area contributed by atoms with E-state index in [0.29, 0.717) is 19.1 Å². The molecule has 4 heteroatoms. The van der Waals surface area contributed by atoms with Gasteiger partial charge in [-0.15, -0.1) is 5.92 Å². The van der Waals surface area contributed by atoms with Crippen LogP contribution in [0.25, 0.3) is 0 Å². The van der Waals surface area contributed by atoms with Crippen molar-refractivity contribution in [3.8, 4) is 11.8 Å². The fraction of sp³-hybridized carbons (Fsp3) is 0.727. The number of nitrogens with two attached hydrogens (primary N) is 1. The van der Waals surface area contributed by atoms with Crippen LogP contribution >= 0.6 is 0 Å². The summed E-state index contributed by atoms with van der Waals surface area (Å²) in [6.07, 6.45) is 1.98. The topological polar surface area (TPSA) is 58.4 Å². The van der Waals surface area contributed by atoms with Gasteiger partial charge < -0.3 is 11.1 Å². The first-order chi connectivity index (χ1) is 7.22. The van der Waals surface area contributed by atoms with Crippen LogP contribution in [0.2, 0.25) is 0 Å². The molecule has 1 amide bonds. The molecule has 0 aromatic rings. The summed E-state index contributed by atoms with van der Waals surface area (Å²) in [6, 6.07) is 0.315. The highest BCUT2D eigenvalue weighted by Gasteiger charge is 2.17. The molecule has 0 bridgehead atoms. The van der Waals surface area contributed by atoms with Crippen molar-refractivity contribution in [2.75, 3.05) is 26.2 Å². The zero-order valence-electron chi connectivity index (χ0n) is 9.25. The van der Waals surface area contributed by atoms with E-state index < -0.39 is 0 Å². The predicted octanol–water partition coefficient (Wildman–Crippen LogP) is -0.451. The summed E-state index contributed by atoms with van der Waals surface area (Å²) in [6.45, 7) is 4.53. The lowest BCUT2D eigenvalue weighted by Crippen LogP contribution is -2.44. The quantitative estimate of drug-likeness (QED) is 0.619. The van der Waals surface area contributed by atoms with Crippen molar-refractivity contribution in [3.63, 3.8) is 0 Å². The minimum Gasteiger partial charge on any atom is -0.344 e. The molecule has 1 aliphatic rings. The van der Waals surface area contributed by atoms with Gasteiger partial charge in [-0.25, -0.2) is 0 Å². The number of piperidine rings is 1. The highest BCUT2D eigenvalue weighted by molar-refractivity contribution is 5.78. The highest BCUT2D eigenvalue weighted by atomic mass is 16.2. The van der Waals surface area contributed by atoms with Crippen molar-refractivity contribution in [3.05, 3.63) is 0 Å². The fourth-order valence-electron chi connectivity index (χ4n) is 1.60. The number of nitrogens with zero attached hydrogens (tertiary/aromatic N) is 1. The second kappa shape index (κ2) is 6.44. The first-order valence-corrected chi connectivity index (χ1v) is 5.36. The molecule has 15 heavy (non-hydrogen) atoms. The maximum atomic E-state index is 11.4. The van der Waals surface area contributed by atoms with Crippen molar-refractivity contribution in [1.82, 2.24) is 10.2 Å². The van der Waals surface area contributed by atoms with Crippen molar-refractivity contribution in [2.24, 2.45) is 5.73 Å². The van der Waals surface area contributed by atoms with E-state index in [0.717, 1.165) is 25.9 Å². The molecule has 0 atom stereocenters. The lowest BCUT2D eigenvalue weighted by atomic mass is 10.1. The Morgan fingerprint density at radius 1 is 1.53 bits per heavy atom. The number of nitrogens with one attached hydrogen (secondary N) is 1. The molecule has 1 aliphatic heterocycles. The molecule has 0 saturated carbocycles. The van der Waals surface area contributed by atoms with Crippen LogP contribution in [0.5, 0.6) is 0 Å². The minimum absolute atomic E-state index is 0.0493. The van der Waals surface area contributed by atoms with E-state index in [1.165, 1.54) is 0 Å². The zero-order valence-corrected chi connectivity index (χ0v) is 9.25. The summed E-state index contributed by atoms with van der Waals surface area (Å²) in [5, 5.41) is 2.76. The largest absolute Gasteiger partial charge is 0.344 e. The third-order valence-corrected chi connectivity index (χ3v) is 2.55. The molecule has 1 rings (SSSR count). The van der Waals surface area contributed by atoms with Gasteiger partial charge in [0.25, 0.3) is 0 Å². The second-order valence-corrected chi connectivity index (χ2v) is 3.82. The van der Waals surface area contributed by atoms with Crippen LogP contribution in [-0.2, 0) is 4.79 Å². The van der Waals surface area contributed by atoms with Crippen molar-refractivity contribution < 1.29 is 4.79 Å². The summed E-state index contributed by atoms with van der Waals surface area (Å²) in [5.74, 6) is 5.59. The van der Waals surface area contributed by atoms with Gasteiger partial charge in [-0.05, 0) is 19.8 Å². The van der Waals surface area contributed by atoms with Crippen LogP contribution in [0.4, 0.5) is 0 Å². The number of carbonyl (C=O) groups is 1. The van der Waals surface area contributed by atoms with Crippen molar-refractivity contribution in [1.29, 1.82) is 0 Å². The van der Waals surface area contributed by atoms with E-state index in [-0.39, 0.29) is 5.91 Å². The molecule has 3 N–H and O–H groups in total. The molecule has 1 heterocycles. The van der Waals surface area contributed by atoms with Crippen LogP contribution in [0.3, 0.4) is 0 Å². The fourth-order valence-corrected chi connectivity index (χ4v) is 1.60. The number of hydrogen-bond acceptors (Lipinski definition) is 3. The van der Waals surface area contributed by atoms with E-state index in [1.54, 1.807) is 6.92 Å². The van der Waals surface area contributed by atoms with Gasteiger partial charge in [-0.3, -0.25) is 9.69 Å². The third kappa shape index (κ3) is 4.82. The number of likely N-dealkylation sites (tertiary alicyclic amines) is 1. The normalized spacial score (nSPS) is 18.0. The first kappa shape index (κ1) is 12.0. The van der Waals surface area contributed by atoms with E-state index in [9.17, 15) is 4.79 Å². The Kier molecular flexibility index (Phi) is 5.16. The molecule has 0 spiro atoms. The third-order valence-electron chi connectivity index (χ3n) is 2.55. The van der Waals surface area contributed by atoms with Crippen molar-refractivity contribution in [2.45, 2.75) is 25.8 Å². The monoisotopic (exact) mass is 209 g/mol. The lowest BCUT2D eigenvalue weighted by molar-refractivity contribution is -0.122. The number of rotatable bonds is 3. The summed E-state index contributed by atoms with van der Waals surface area (Å²) in [7, 11) is 0. The van der Waals surface area contributed by atoms with Crippen LogP contribution in [-0.4, -0.2) is 43.0 Å². The minimum atomic E-state index is 0.0493. The predicted molar refractivity (Wildman–Crippen MR) is 60.1 cm³/mol.